The highest BCUT2D eigenvalue weighted by Crippen LogP contribution is 2.32. The number of nitrogens with zero attached hydrogens (tertiary/aromatic N) is 4. The Bertz CT molecular complexity index is 1130. The fourth-order valence-corrected chi connectivity index (χ4v) is 5.38. The average molecular weight is 449 g/mol. The number of sulfonamides is 1. The number of methoxy groups -OCH3 is 1. The van der Waals surface area contributed by atoms with Crippen LogP contribution in [0, 0.1) is 6.92 Å². The zero-order chi connectivity index (χ0) is 21.3. The van der Waals surface area contributed by atoms with Crippen molar-refractivity contribution >= 4 is 27.4 Å². The van der Waals surface area contributed by atoms with E-state index in [2.05, 4.69) is 10.2 Å². The van der Waals surface area contributed by atoms with E-state index in [1.165, 1.54) is 17.5 Å². The van der Waals surface area contributed by atoms with Crippen LogP contribution in [0.2, 0.25) is 5.02 Å². The number of benzene rings is 1. The maximum absolute atomic E-state index is 13.1. The molecule has 0 bridgehead atoms. The number of furan rings is 1. The Labute approximate surface area is 180 Å². The minimum atomic E-state index is -3.66. The third-order valence-corrected chi connectivity index (χ3v) is 7.39. The van der Waals surface area contributed by atoms with Crippen LogP contribution in [0.5, 0.6) is 5.75 Å². The van der Waals surface area contributed by atoms with Gasteiger partial charge >= 0.3 is 0 Å². The predicted molar refractivity (Wildman–Crippen MR) is 113 cm³/mol. The lowest BCUT2D eigenvalue weighted by Gasteiger charge is -2.34. The molecule has 3 aromatic rings. The largest absolute Gasteiger partial charge is 0.495 e. The Balaban J connectivity index is 1.47. The lowest BCUT2D eigenvalue weighted by molar-refractivity contribution is 0.383. The fourth-order valence-electron chi connectivity index (χ4n) is 3.42. The molecule has 10 heteroatoms. The minimum absolute atomic E-state index is 0.198. The average Bonchev–Trinajstić information content (AvgIpc) is 3.30. The van der Waals surface area contributed by atoms with E-state index in [1.807, 2.05) is 23.1 Å². The standard InChI is InChI=1S/C20H21ClN4O4S/c1-14-12-18(28-2)15(21)13-19(14)30(26,27)25-9-7-24(8-10-25)20-6-5-16(22-23-20)17-4-3-11-29-17/h3-6,11-13H,7-10H2,1-2H3. The van der Waals surface area contributed by atoms with Crippen LogP contribution in [-0.2, 0) is 10.0 Å². The van der Waals surface area contributed by atoms with Crippen molar-refractivity contribution in [2.75, 3.05) is 38.2 Å². The number of hydrogen-bond donors (Lipinski definition) is 0. The zero-order valence-electron chi connectivity index (χ0n) is 16.6. The predicted octanol–water partition coefficient (Wildman–Crippen LogP) is 3.22. The highest BCUT2D eigenvalue weighted by atomic mass is 35.5. The molecule has 0 unspecified atom stereocenters. The van der Waals surface area contributed by atoms with Crippen molar-refractivity contribution in [3.8, 4) is 17.2 Å². The molecule has 0 radical (unpaired) electrons. The summed E-state index contributed by atoms with van der Waals surface area (Å²) in [4.78, 5) is 2.21. The molecule has 0 saturated carbocycles. The van der Waals surface area contributed by atoms with E-state index in [4.69, 9.17) is 20.8 Å². The molecule has 1 fully saturated rings. The molecule has 8 nitrogen and oxygen atoms in total. The van der Waals surface area contributed by atoms with E-state index in [9.17, 15) is 8.42 Å². The highest BCUT2D eigenvalue weighted by molar-refractivity contribution is 7.89. The van der Waals surface area contributed by atoms with Gasteiger partial charge in [-0.3, -0.25) is 0 Å². The molecule has 1 aliphatic heterocycles. The van der Waals surface area contributed by atoms with Crippen LogP contribution in [0.25, 0.3) is 11.5 Å². The molecule has 0 N–H and O–H groups in total. The summed E-state index contributed by atoms with van der Waals surface area (Å²) < 4.78 is 38.3. The van der Waals surface area contributed by atoms with Gasteiger partial charge in [0.15, 0.2) is 11.6 Å². The number of hydrogen-bond acceptors (Lipinski definition) is 7. The van der Waals surface area contributed by atoms with Crippen molar-refractivity contribution in [2.24, 2.45) is 0 Å². The molecule has 0 amide bonds. The van der Waals surface area contributed by atoms with Crippen LogP contribution < -0.4 is 9.64 Å². The SMILES string of the molecule is COc1cc(C)c(S(=O)(=O)N2CCN(c3ccc(-c4ccco4)nn3)CC2)cc1Cl. The third-order valence-electron chi connectivity index (χ3n) is 5.05. The molecule has 1 saturated heterocycles. The Morgan fingerprint density at radius 1 is 1.10 bits per heavy atom. The van der Waals surface area contributed by atoms with E-state index in [0.29, 0.717) is 54.8 Å². The van der Waals surface area contributed by atoms with Gasteiger partial charge in [0.1, 0.15) is 11.4 Å². The normalized spacial score (nSPS) is 15.4. The van der Waals surface area contributed by atoms with E-state index in [0.717, 1.165) is 0 Å². The molecule has 4 rings (SSSR count). The summed E-state index contributed by atoms with van der Waals surface area (Å²) in [7, 11) is -2.17. The van der Waals surface area contributed by atoms with Crippen molar-refractivity contribution in [1.29, 1.82) is 0 Å². The highest BCUT2D eigenvalue weighted by Gasteiger charge is 2.31. The number of halogens is 1. The first kappa shape index (κ1) is 20.6. The van der Waals surface area contributed by atoms with E-state index < -0.39 is 10.0 Å². The lowest BCUT2D eigenvalue weighted by atomic mass is 10.2. The zero-order valence-corrected chi connectivity index (χ0v) is 18.2. The van der Waals surface area contributed by atoms with Crippen LogP contribution in [0.15, 0.2) is 52.0 Å². The summed E-state index contributed by atoms with van der Waals surface area (Å²) in [5, 5.41) is 8.74. The summed E-state index contributed by atoms with van der Waals surface area (Å²) in [6.45, 7) is 3.44. The molecule has 0 spiro atoms. The lowest BCUT2D eigenvalue weighted by Crippen LogP contribution is -2.49. The summed E-state index contributed by atoms with van der Waals surface area (Å²) in [5.74, 6) is 1.80. The maximum atomic E-state index is 13.1. The van der Waals surface area contributed by atoms with Crippen molar-refractivity contribution in [3.63, 3.8) is 0 Å². The van der Waals surface area contributed by atoms with E-state index in [1.54, 1.807) is 25.3 Å². The number of anilines is 1. The van der Waals surface area contributed by atoms with Gasteiger partial charge in [-0.2, -0.15) is 4.31 Å². The van der Waals surface area contributed by atoms with Gasteiger partial charge in [0.25, 0.3) is 0 Å². The summed E-state index contributed by atoms with van der Waals surface area (Å²) >= 11 is 6.16. The first-order chi connectivity index (χ1) is 14.4. The summed E-state index contributed by atoms with van der Waals surface area (Å²) in [5.41, 5.74) is 1.25. The minimum Gasteiger partial charge on any atom is -0.495 e. The van der Waals surface area contributed by atoms with Crippen LogP contribution in [0.3, 0.4) is 0 Å². The number of rotatable bonds is 5. The topological polar surface area (TPSA) is 88.8 Å². The van der Waals surface area contributed by atoms with Gasteiger partial charge in [-0.05, 0) is 48.9 Å². The van der Waals surface area contributed by atoms with E-state index in [-0.39, 0.29) is 9.92 Å². The summed E-state index contributed by atoms with van der Waals surface area (Å²) in [6.07, 6.45) is 1.59. The second-order valence-electron chi connectivity index (χ2n) is 6.90. The van der Waals surface area contributed by atoms with Crippen molar-refractivity contribution < 1.29 is 17.6 Å². The van der Waals surface area contributed by atoms with Gasteiger partial charge in [0.2, 0.25) is 10.0 Å². The Morgan fingerprint density at radius 2 is 1.87 bits per heavy atom. The molecule has 1 aliphatic rings. The molecule has 3 heterocycles. The monoisotopic (exact) mass is 448 g/mol. The smallest absolute Gasteiger partial charge is 0.243 e. The molecule has 1 aromatic carbocycles. The van der Waals surface area contributed by atoms with Crippen LogP contribution in [0.1, 0.15) is 5.56 Å². The number of ether oxygens (including phenoxy) is 1. The number of aromatic nitrogens is 2. The Kier molecular flexibility index (Phi) is 5.68. The maximum Gasteiger partial charge on any atom is 0.243 e. The van der Waals surface area contributed by atoms with Crippen LogP contribution in [-0.4, -0.2) is 56.2 Å². The first-order valence-corrected chi connectivity index (χ1v) is 11.2. The van der Waals surface area contributed by atoms with Crippen LogP contribution in [0.4, 0.5) is 5.82 Å². The van der Waals surface area contributed by atoms with Gasteiger partial charge in [-0.15, -0.1) is 10.2 Å². The molecular weight excluding hydrogens is 428 g/mol. The van der Waals surface area contributed by atoms with E-state index >= 15 is 0 Å². The van der Waals surface area contributed by atoms with Crippen molar-refractivity contribution in [3.05, 3.63) is 53.2 Å². The Hall–Kier alpha value is -2.62. The van der Waals surface area contributed by atoms with Gasteiger partial charge in [0, 0.05) is 26.2 Å². The number of piperazine rings is 1. The molecular formula is C20H21ClN4O4S. The van der Waals surface area contributed by atoms with Crippen molar-refractivity contribution in [1.82, 2.24) is 14.5 Å². The summed E-state index contributed by atoms with van der Waals surface area (Å²) in [6, 6.07) is 10.4. The van der Waals surface area contributed by atoms with Gasteiger partial charge in [-0.1, -0.05) is 11.6 Å². The quantitative estimate of drug-likeness (QED) is 0.592. The van der Waals surface area contributed by atoms with Gasteiger partial charge in [-0.25, -0.2) is 8.42 Å². The fraction of sp³-hybridized carbons (Fsp3) is 0.300. The molecule has 158 valence electrons. The van der Waals surface area contributed by atoms with Gasteiger partial charge < -0.3 is 14.1 Å². The molecule has 0 aliphatic carbocycles. The second kappa shape index (κ2) is 8.25. The third kappa shape index (κ3) is 3.88. The Morgan fingerprint density at radius 3 is 2.47 bits per heavy atom. The number of aryl methyl sites for hydroxylation is 1. The second-order valence-corrected chi connectivity index (χ2v) is 9.21. The first-order valence-electron chi connectivity index (χ1n) is 9.37. The van der Waals surface area contributed by atoms with Crippen molar-refractivity contribution in [2.45, 2.75) is 11.8 Å². The van der Waals surface area contributed by atoms with Crippen LogP contribution >= 0.6 is 11.6 Å². The van der Waals surface area contributed by atoms with Gasteiger partial charge in [0.05, 0.1) is 23.3 Å². The molecule has 0 atom stereocenters. The molecule has 30 heavy (non-hydrogen) atoms. The molecule has 2 aromatic heterocycles.